The second kappa shape index (κ2) is 4.82. The summed E-state index contributed by atoms with van der Waals surface area (Å²) in [7, 11) is 1.94. The third-order valence-corrected chi connectivity index (χ3v) is 3.27. The van der Waals surface area contributed by atoms with Crippen LogP contribution >= 0.6 is 0 Å². The third kappa shape index (κ3) is 2.11. The van der Waals surface area contributed by atoms with E-state index in [1.807, 2.05) is 30.1 Å². The predicted molar refractivity (Wildman–Crippen MR) is 69.7 cm³/mol. The van der Waals surface area contributed by atoms with Gasteiger partial charge in [0.2, 0.25) is 0 Å². The largest absolute Gasteiger partial charge is 0.493 e. The molecule has 18 heavy (non-hydrogen) atoms. The topological polar surface area (TPSA) is 39.1 Å². The van der Waals surface area contributed by atoms with Gasteiger partial charge in [-0.3, -0.25) is 4.68 Å². The number of para-hydroxylation sites is 1. The summed E-state index contributed by atoms with van der Waals surface area (Å²) in [6.45, 7) is 2.49. The first-order valence-corrected chi connectivity index (χ1v) is 6.24. The molecule has 4 nitrogen and oxygen atoms in total. The van der Waals surface area contributed by atoms with Crippen LogP contribution in [0.3, 0.4) is 0 Å². The number of nitrogens with one attached hydrogen (secondary N) is 1. The smallest absolute Gasteiger partial charge is 0.122 e. The molecule has 0 spiro atoms. The molecule has 2 aromatic rings. The lowest BCUT2D eigenvalue weighted by Crippen LogP contribution is -2.11. The number of aromatic nitrogens is 2. The minimum absolute atomic E-state index is 0.406. The predicted octanol–water partition coefficient (Wildman–Crippen LogP) is 1.78. The van der Waals surface area contributed by atoms with Gasteiger partial charge in [-0.05, 0) is 13.1 Å². The lowest BCUT2D eigenvalue weighted by molar-refractivity contribution is 0.315. The molecule has 1 N–H and O–H groups in total. The molecule has 0 fully saturated rings. The van der Waals surface area contributed by atoms with Crippen LogP contribution in [0.1, 0.15) is 17.0 Å². The molecule has 94 valence electrons. The molecule has 3 rings (SSSR count). The zero-order valence-corrected chi connectivity index (χ0v) is 10.5. The number of nitrogens with zero attached hydrogens (tertiary/aromatic N) is 2. The van der Waals surface area contributed by atoms with Crippen molar-refractivity contribution in [2.24, 2.45) is 0 Å². The zero-order valence-electron chi connectivity index (χ0n) is 10.5. The number of rotatable bonds is 4. The molecule has 1 unspecified atom stereocenters. The van der Waals surface area contributed by atoms with Gasteiger partial charge in [0.15, 0.2) is 0 Å². The Bertz CT molecular complexity index is 535. The van der Waals surface area contributed by atoms with Gasteiger partial charge in [0, 0.05) is 29.8 Å². The van der Waals surface area contributed by atoms with Gasteiger partial charge in [-0.2, -0.15) is 5.10 Å². The van der Waals surface area contributed by atoms with E-state index in [-0.39, 0.29) is 0 Å². The van der Waals surface area contributed by atoms with Crippen molar-refractivity contribution in [2.45, 2.75) is 19.0 Å². The number of ether oxygens (including phenoxy) is 1. The summed E-state index contributed by atoms with van der Waals surface area (Å²) in [5.41, 5.74) is 2.51. The molecule has 0 aliphatic carbocycles. The van der Waals surface area contributed by atoms with Crippen LogP contribution in [0.5, 0.6) is 5.75 Å². The van der Waals surface area contributed by atoms with Gasteiger partial charge in [0.1, 0.15) is 5.75 Å². The summed E-state index contributed by atoms with van der Waals surface area (Å²) in [5, 5.41) is 7.52. The van der Waals surface area contributed by atoms with Gasteiger partial charge < -0.3 is 10.1 Å². The highest BCUT2D eigenvalue weighted by atomic mass is 16.5. The summed E-state index contributed by atoms with van der Waals surface area (Å²) in [6.07, 6.45) is 4.01. The van der Waals surface area contributed by atoms with E-state index < -0.39 is 0 Å². The van der Waals surface area contributed by atoms with Crippen molar-refractivity contribution in [3.8, 4) is 5.75 Å². The van der Waals surface area contributed by atoms with Crippen LogP contribution in [0.4, 0.5) is 0 Å². The van der Waals surface area contributed by atoms with Crippen molar-refractivity contribution >= 4 is 0 Å². The summed E-state index contributed by atoms with van der Waals surface area (Å²) >= 11 is 0. The van der Waals surface area contributed by atoms with Crippen LogP contribution in [-0.4, -0.2) is 23.4 Å². The molecule has 0 saturated carbocycles. The summed E-state index contributed by atoms with van der Waals surface area (Å²) in [4.78, 5) is 0. The van der Waals surface area contributed by atoms with Gasteiger partial charge in [-0.25, -0.2) is 0 Å². The molecule has 0 radical (unpaired) electrons. The van der Waals surface area contributed by atoms with E-state index >= 15 is 0 Å². The highest BCUT2D eigenvalue weighted by molar-refractivity contribution is 5.39. The minimum Gasteiger partial charge on any atom is -0.493 e. The van der Waals surface area contributed by atoms with Gasteiger partial charge in [-0.15, -0.1) is 0 Å². The summed E-state index contributed by atoms with van der Waals surface area (Å²) < 4.78 is 7.69. The highest BCUT2D eigenvalue weighted by Gasteiger charge is 2.24. The van der Waals surface area contributed by atoms with Gasteiger partial charge >= 0.3 is 0 Å². The number of hydrogen-bond acceptors (Lipinski definition) is 3. The SMILES string of the molecule is CNCc1cnn(CC2COc3ccccc32)c1. The Balaban J connectivity index is 1.73. The van der Waals surface area contributed by atoms with E-state index in [9.17, 15) is 0 Å². The van der Waals surface area contributed by atoms with Crippen LogP contribution in [0, 0.1) is 0 Å². The first-order chi connectivity index (χ1) is 8.86. The summed E-state index contributed by atoms with van der Waals surface area (Å²) in [5.74, 6) is 1.42. The molecule has 2 heterocycles. The molecule has 1 aromatic carbocycles. The maximum absolute atomic E-state index is 5.68. The van der Waals surface area contributed by atoms with Gasteiger partial charge in [0.05, 0.1) is 19.3 Å². The minimum atomic E-state index is 0.406. The molecule has 1 aliphatic heterocycles. The number of benzene rings is 1. The van der Waals surface area contributed by atoms with Crippen LogP contribution < -0.4 is 10.1 Å². The Morgan fingerprint density at radius 1 is 1.44 bits per heavy atom. The standard InChI is InChI=1S/C14H17N3O/c1-15-6-11-7-16-17(8-11)9-12-10-18-14-5-3-2-4-13(12)14/h2-5,7-8,12,15H,6,9-10H2,1H3. The van der Waals surface area contributed by atoms with E-state index in [1.165, 1.54) is 11.1 Å². The van der Waals surface area contributed by atoms with Crippen molar-refractivity contribution in [2.75, 3.05) is 13.7 Å². The highest BCUT2D eigenvalue weighted by Crippen LogP contribution is 2.34. The van der Waals surface area contributed by atoms with Crippen molar-refractivity contribution in [1.29, 1.82) is 0 Å². The molecule has 1 aromatic heterocycles. The maximum atomic E-state index is 5.68. The lowest BCUT2D eigenvalue weighted by Gasteiger charge is -2.08. The Morgan fingerprint density at radius 2 is 2.33 bits per heavy atom. The average molecular weight is 243 g/mol. The van der Waals surface area contributed by atoms with Crippen LogP contribution in [0.15, 0.2) is 36.7 Å². The normalized spacial score (nSPS) is 17.5. The Morgan fingerprint density at radius 3 is 3.22 bits per heavy atom. The first-order valence-electron chi connectivity index (χ1n) is 6.24. The molecule has 0 amide bonds. The molecule has 4 heteroatoms. The second-order valence-corrected chi connectivity index (χ2v) is 4.65. The van der Waals surface area contributed by atoms with E-state index in [2.05, 4.69) is 28.7 Å². The Labute approximate surface area is 107 Å². The molecule has 0 bridgehead atoms. The number of fused-ring (bicyclic) bond motifs is 1. The fraction of sp³-hybridized carbons (Fsp3) is 0.357. The van der Waals surface area contributed by atoms with E-state index in [4.69, 9.17) is 4.74 Å². The second-order valence-electron chi connectivity index (χ2n) is 4.65. The van der Waals surface area contributed by atoms with Gasteiger partial charge in [-0.1, -0.05) is 18.2 Å². The van der Waals surface area contributed by atoms with Crippen molar-refractivity contribution in [1.82, 2.24) is 15.1 Å². The monoisotopic (exact) mass is 243 g/mol. The van der Waals surface area contributed by atoms with E-state index in [0.29, 0.717) is 5.92 Å². The third-order valence-electron chi connectivity index (χ3n) is 3.27. The van der Waals surface area contributed by atoms with Crippen molar-refractivity contribution < 1.29 is 4.74 Å². The number of hydrogen-bond donors (Lipinski definition) is 1. The summed E-state index contributed by atoms with van der Waals surface area (Å²) in [6, 6.07) is 8.26. The Kier molecular flexibility index (Phi) is 3.02. The van der Waals surface area contributed by atoms with Crippen LogP contribution in [0.2, 0.25) is 0 Å². The first kappa shape index (κ1) is 11.3. The van der Waals surface area contributed by atoms with Crippen molar-refractivity contribution in [3.63, 3.8) is 0 Å². The fourth-order valence-electron chi connectivity index (χ4n) is 2.41. The van der Waals surface area contributed by atoms with Crippen LogP contribution in [0.25, 0.3) is 0 Å². The van der Waals surface area contributed by atoms with Crippen molar-refractivity contribution in [3.05, 3.63) is 47.8 Å². The van der Waals surface area contributed by atoms with E-state index in [0.717, 1.165) is 25.4 Å². The molecular weight excluding hydrogens is 226 g/mol. The van der Waals surface area contributed by atoms with Gasteiger partial charge in [0.25, 0.3) is 0 Å². The van der Waals surface area contributed by atoms with E-state index in [1.54, 1.807) is 0 Å². The maximum Gasteiger partial charge on any atom is 0.122 e. The Hall–Kier alpha value is -1.81. The molecule has 1 atom stereocenters. The van der Waals surface area contributed by atoms with Crippen LogP contribution in [-0.2, 0) is 13.1 Å². The molecule has 1 aliphatic rings. The lowest BCUT2D eigenvalue weighted by atomic mass is 10.0. The zero-order chi connectivity index (χ0) is 12.4. The average Bonchev–Trinajstić information content (AvgIpc) is 2.99. The molecule has 0 saturated heterocycles. The fourth-order valence-corrected chi connectivity index (χ4v) is 2.41. The quantitative estimate of drug-likeness (QED) is 0.889. The molecular formula is C14H17N3O.